The van der Waals surface area contributed by atoms with Gasteiger partial charge in [-0.25, -0.2) is 4.52 Å². The van der Waals surface area contributed by atoms with Crippen LogP contribution >= 0.6 is 0 Å². The maximum atomic E-state index is 4.99. The number of pyridine rings is 1. The van der Waals surface area contributed by atoms with Gasteiger partial charge in [0.1, 0.15) is 0 Å². The molecule has 7 heteroatoms. The van der Waals surface area contributed by atoms with Gasteiger partial charge in [-0.05, 0) is 31.5 Å². The molecule has 0 aliphatic carbocycles. The number of rotatable bonds is 3. The summed E-state index contributed by atoms with van der Waals surface area (Å²) in [5, 5.41) is 11.0. The molecule has 92 valence electrons. The molecule has 0 atom stereocenters. The summed E-state index contributed by atoms with van der Waals surface area (Å²) < 4.78 is 6.71. The van der Waals surface area contributed by atoms with Crippen molar-refractivity contribution in [2.45, 2.75) is 20.4 Å². The van der Waals surface area contributed by atoms with E-state index in [1.165, 1.54) is 0 Å². The Balaban J connectivity index is 1.78. The molecule has 0 aliphatic rings. The van der Waals surface area contributed by atoms with E-state index in [0.29, 0.717) is 24.2 Å². The van der Waals surface area contributed by atoms with Gasteiger partial charge >= 0.3 is 0 Å². The highest BCUT2D eigenvalue weighted by Gasteiger charge is 2.06. The third-order valence-electron chi connectivity index (χ3n) is 2.46. The molecule has 0 fully saturated rings. The molecule has 0 unspecified atom stereocenters. The van der Waals surface area contributed by atoms with Crippen molar-refractivity contribution >= 4 is 11.6 Å². The molecule has 18 heavy (non-hydrogen) atoms. The number of hydrogen-bond acceptors (Lipinski definition) is 6. The number of fused-ring (bicyclic) bond motifs is 1. The average Bonchev–Trinajstić information content (AvgIpc) is 2.92. The SMILES string of the molecule is Cc1ccn2nc(NCc3nc(C)no3)nc2c1. The summed E-state index contributed by atoms with van der Waals surface area (Å²) in [6.45, 7) is 4.21. The predicted molar refractivity (Wildman–Crippen MR) is 64.1 cm³/mol. The summed E-state index contributed by atoms with van der Waals surface area (Å²) in [6, 6.07) is 3.95. The van der Waals surface area contributed by atoms with E-state index in [9.17, 15) is 0 Å². The monoisotopic (exact) mass is 244 g/mol. The highest BCUT2D eigenvalue weighted by molar-refractivity contribution is 5.45. The smallest absolute Gasteiger partial charge is 0.246 e. The number of hydrogen-bond donors (Lipinski definition) is 1. The van der Waals surface area contributed by atoms with Crippen molar-refractivity contribution in [1.82, 2.24) is 24.7 Å². The number of aryl methyl sites for hydroxylation is 2. The van der Waals surface area contributed by atoms with Crippen molar-refractivity contribution in [3.63, 3.8) is 0 Å². The number of nitrogens with zero attached hydrogens (tertiary/aromatic N) is 5. The van der Waals surface area contributed by atoms with Crippen LogP contribution in [0.3, 0.4) is 0 Å². The zero-order valence-corrected chi connectivity index (χ0v) is 10.1. The third kappa shape index (κ3) is 2.02. The Morgan fingerprint density at radius 1 is 1.33 bits per heavy atom. The van der Waals surface area contributed by atoms with Gasteiger partial charge in [-0.3, -0.25) is 0 Å². The van der Waals surface area contributed by atoms with Crippen LogP contribution in [0, 0.1) is 13.8 Å². The molecular formula is C11H12N6O. The topological polar surface area (TPSA) is 81.1 Å². The van der Waals surface area contributed by atoms with Gasteiger partial charge in [0.25, 0.3) is 0 Å². The Morgan fingerprint density at radius 2 is 2.22 bits per heavy atom. The van der Waals surface area contributed by atoms with Gasteiger partial charge in [-0.2, -0.15) is 9.97 Å². The predicted octanol–water partition coefficient (Wildman–Crippen LogP) is 1.34. The standard InChI is InChI=1S/C11H12N6O/c1-7-3-4-17-9(5-7)14-11(15-17)12-6-10-13-8(2)16-18-10/h3-5H,6H2,1-2H3,(H,12,15). The van der Waals surface area contributed by atoms with E-state index in [-0.39, 0.29) is 0 Å². The molecule has 0 aromatic carbocycles. The average molecular weight is 244 g/mol. The Morgan fingerprint density at radius 3 is 3.00 bits per heavy atom. The first-order chi connectivity index (χ1) is 8.70. The van der Waals surface area contributed by atoms with Crippen molar-refractivity contribution < 1.29 is 4.52 Å². The first-order valence-electron chi connectivity index (χ1n) is 5.57. The van der Waals surface area contributed by atoms with Gasteiger partial charge in [-0.1, -0.05) is 5.16 Å². The molecule has 3 aromatic heterocycles. The van der Waals surface area contributed by atoms with E-state index in [4.69, 9.17) is 4.52 Å². The van der Waals surface area contributed by atoms with E-state index in [2.05, 4.69) is 25.5 Å². The molecule has 0 amide bonds. The van der Waals surface area contributed by atoms with Crippen LogP contribution in [0.5, 0.6) is 0 Å². The second-order valence-electron chi connectivity index (χ2n) is 4.03. The number of anilines is 1. The summed E-state index contributed by atoms with van der Waals surface area (Å²) >= 11 is 0. The fraction of sp³-hybridized carbons (Fsp3) is 0.273. The van der Waals surface area contributed by atoms with Crippen molar-refractivity contribution in [2.24, 2.45) is 0 Å². The lowest BCUT2D eigenvalue weighted by atomic mass is 10.3. The van der Waals surface area contributed by atoms with Crippen LogP contribution in [0.15, 0.2) is 22.9 Å². The first-order valence-corrected chi connectivity index (χ1v) is 5.57. The number of nitrogens with one attached hydrogen (secondary N) is 1. The van der Waals surface area contributed by atoms with Crippen LogP contribution in [0.2, 0.25) is 0 Å². The summed E-state index contributed by atoms with van der Waals surface area (Å²) in [4.78, 5) is 8.44. The van der Waals surface area contributed by atoms with E-state index in [1.807, 2.05) is 25.3 Å². The molecule has 0 radical (unpaired) electrons. The van der Waals surface area contributed by atoms with E-state index < -0.39 is 0 Å². The second-order valence-corrected chi connectivity index (χ2v) is 4.03. The van der Waals surface area contributed by atoms with Crippen LogP contribution in [-0.4, -0.2) is 24.7 Å². The minimum atomic E-state index is 0.413. The molecule has 1 N–H and O–H groups in total. The zero-order chi connectivity index (χ0) is 12.5. The molecule has 0 aliphatic heterocycles. The fourth-order valence-electron chi connectivity index (χ4n) is 1.62. The van der Waals surface area contributed by atoms with Crippen LogP contribution in [-0.2, 0) is 6.54 Å². The minimum absolute atomic E-state index is 0.413. The highest BCUT2D eigenvalue weighted by atomic mass is 16.5. The van der Waals surface area contributed by atoms with E-state index in [1.54, 1.807) is 11.4 Å². The lowest BCUT2D eigenvalue weighted by Gasteiger charge is -1.94. The third-order valence-corrected chi connectivity index (χ3v) is 2.46. The molecule has 3 aromatic rings. The Kier molecular flexibility index (Phi) is 2.44. The molecule has 7 nitrogen and oxygen atoms in total. The largest absolute Gasteiger partial charge is 0.344 e. The van der Waals surface area contributed by atoms with E-state index >= 15 is 0 Å². The lowest BCUT2D eigenvalue weighted by molar-refractivity contribution is 0.379. The summed E-state index contributed by atoms with van der Waals surface area (Å²) in [6.07, 6.45) is 1.87. The molecule has 0 bridgehead atoms. The van der Waals surface area contributed by atoms with Gasteiger partial charge in [0.2, 0.25) is 11.8 Å². The molecule has 0 saturated heterocycles. The maximum absolute atomic E-state index is 4.99. The molecular weight excluding hydrogens is 232 g/mol. The van der Waals surface area contributed by atoms with Crippen LogP contribution in [0.1, 0.15) is 17.3 Å². The summed E-state index contributed by atoms with van der Waals surface area (Å²) in [7, 11) is 0. The first kappa shape index (κ1) is 10.7. The Hall–Kier alpha value is -2.44. The lowest BCUT2D eigenvalue weighted by Crippen LogP contribution is -2.01. The van der Waals surface area contributed by atoms with Crippen LogP contribution in [0.25, 0.3) is 5.65 Å². The van der Waals surface area contributed by atoms with Gasteiger partial charge in [0.05, 0.1) is 6.54 Å². The van der Waals surface area contributed by atoms with E-state index in [0.717, 1.165) is 11.2 Å². The zero-order valence-electron chi connectivity index (χ0n) is 10.1. The maximum Gasteiger partial charge on any atom is 0.246 e. The molecule has 3 heterocycles. The molecule has 0 saturated carbocycles. The fourth-order valence-corrected chi connectivity index (χ4v) is 1.62. The Labute approximate surface area is 103 Å². The quantitative estimate of drug-likeness (QED) is 0.748. The Bertz CT molecular complexity index is 686. The van der Waals surface area contributed by atoms with Crippen molar-refractivity contribution in [3.05, 3.63) is 35.6 Å². The molecule has 3 rings (SSSR count). The highest BCUT2D eigenvalue weighted by Crippen LogP contribution is 2.08. The summed E-state index contributed by atoms with van der Waals surface area (Å²) in [5.74, 6) is 1.67. The summed E-state index contributed by atoms with van der Waals surface area (Å²) in [5.41, 5.74) is 1.95. The van der Waals surface area contributed by atoms with Crippen LogP contribution < -0.4 is 5.32 Å². The molecule has 0 spiro atoms. The van der Waals surface area contributed by atoms with Gasteiger partial charge in [0, 0.05) is 6.20 Å². The normalized spacial score (nSPS) is 11.0. The van der Waals surface area contributed by atoms with Gasteiger partial charge < -0.3 is 9.84 Å². The minimum Gasteiger partial charge on any atom is -0.344 e. The van der Waals surface area contributed by atoms with Gasteiger partial charge in [-0.15, -0.1) is 5.10 Å². The van der Waals surface area contributed by atoms with Crippen LogP contribution in [0.4, 0.5) is 5.95 Å². The number of aromatic nitrogens is 5. The van der Waals surface area contributed by atoms with Crippen molar-refractivity contribution in [2.75, 3.05) is 5.32 Å². The van der Waals surface area contributed by atoms with Gasteiger partial charge in [0.15, 0.2) is 11.5 Å². The second kappa shape index (κ2) is 4.10. The van der Waals surface area contributed by atoms with Crippen molar-refractivity contribution in [3.8, 4) is 0 Å². The van der Waals surface area contributed by atoms with Crippen molar-refractivity contribution in [1.29, 1.82) is 0 Å².